The van der Waals surface area contributed by atoms with Gasteiger partial charge >= 0.3 is 12.1 Å². The van der Waals surface area contributed by atoms with E-state index in [1.54, 1.807) is 18.2 Å². The highest BCUT2D eigenvalue weighted by molar-refractivity contribution is 5.97. The number of rotatable bonds is 4. The number of aromatic nitrogens is 2. The molecule has 1 heterocycles. The molecule has 0 unspecified atom stereocenters. The predicted octanol–water partition coefficient (Wildman–Crippen LogP) is 3.11. The van der Waals surface area contributed by atoms with Gasteiger partial charge in [0.25, 0.3) is 0 Å². The lowest BCUT2D eigenvalue weighted by Crippen LogP contribution is -2.23. The molecule has 0 atom stereocenters. The van der Waals surface area contributed by atoms with Crippen LogP contribution >= 0.6 is 0 Å². The van der Waals surface area contributed by atoms with Crippen LogP contribution in [-0.2, 0) is 9.47 Å². The van der Waals surface area contributed by atoms with E-state index in [-0.39, 0.29) is 11.7 Å². The summed E-state index contributed by atoms with van der Waals surface area (Å²) in [4.78, 5) is 33.5. The molecule has 0 saturated heterocycles. The molecule has 128 valence electrons. The molecule has 0 radical (unpaired) electrons. The van der Waals surface area contributed by atoms with Crippen molar-refractivity contribution < 1.29 is 23.9 Å². The highest BCUT2D eigenvalue weighted by Crippen LogP contribution is 2.21. The second kappa shape index (κ2) is 7.33. The standard InChI is InChI=1S/C17H20N2O5/c1-2-22-19-11-18-14-9-8-12(10-15(14)19)16(20)24-17(21)23-13-6-4-3-5-7-13/h8-11,13H,2-7H2,1H3. The minimum atomic E-state index is -0.940. The van der Waals surface area contributed by atoms with Crippen molar-refractivity contribution in [3.8, 4) is 0 Å². The molecule has 0 amide bonds. The van der Waals surface area contributed by atoms with E-state index in [0.717, 1.165) is 32.1 Å². The third-order valence-corrected chi connectivity index (χ3v) is 4.01. The SMILES string of the molecule is CCOn1cnc2ccc(C(=O)OC(=O)OC3CCCCC3)cc21. The van der Waals surface area contributed by atoms with Crippen LogP contribution in [0.3, 0.4) is 0 Å². The van der Waals surface area contributed by atoms with Gasteiger partial charge in [0.1, 0.15) is 24.6 Å². The zero-order chi connectivity index (χ0) is 16.9. The highest BCUT2D eigenvalue weighted by atomic mass is 16.7. The summed E-state index contributed by atoms with van der Waals surface area (Å²) in [6.07, 6.45) is 5.30. The second-order valence-corrected chi connectivity index (χ2v) is 5.71. The molecule has 7 nitrogen and oxygen atoms in total. The third kappa shape index (κ3) is 3.67. The Morgan fingerprint density at radius 3 is 2.79 bits per heavy atom. The van der Waals surface area contributed by atoms with Crippen molar-refractivity contribution in [3.63, 3.8) is 0 Å². The van der Waals surface area contributed by atoms with E-state index >= 15 is 0 Å². The summed E-state index contributed by atoms with van der Waals surface area (Å²) in [6, 6.07) is 4.81. The number of ether oxygens (including phenoxy) is 2. The Balaban J connectivity index is 1.66. The van der Waals surface area contributed by atoms with Crippen molar-refractivity contribution in [1.82, 2.24) is 9.71 Å². The van der Waals surface area contributed by atoms with Crippen molar-refractivity contribution in [2.24, 2.45) is 0 Å². The maximum atomic E-state index is 12.1. The van der Waals surface area contributed by atoms with Gasteiger partial charge in [-0.05, 0) is 50.8 Å². The molecule has 1 aliphatic rings. The van der Waals surface area contributed by atoms with E-state index < -0.39 is 12.1 Å². The lowest BCUT2D eigenvalue weighted by atomic mass is 9.98. The fraction of sp³-hybridized carbons (Fsp3) is 0.471. The van der Waals surface area contributed by atoms with E-state index in [0.29, 0.717) is 17.6 Å². The Morgan fingerprint density at radius 2 is 2.04 bits per heavy atom. The largest absolute Gasteiger partial charge is 0.516 e. The molecule has 2 aromatic rings. The molecule has 1 saturated carbocycles. The van der Waals surface area contributed by atoms with Gasteiger partial charge in [0.2, 0.25) is 0 Å². The summed E-state index contributed by atoms with van der Waals surface area (Å²) < 4.78 is 11.5. The third-order valence-electron chi connectivity index (χ3n) is 4.01. The lowest BCUT2D eigenvalue weighted by Gasteiger charge is -2.20. The fourth-order valence-electron chi connectivity index (χ4n) is 2.83. The average Bonchev–Trinajstić information content (AvgIpc) is 2.98. The van der Waals surface area contributed by atoms with Gasteiger partial charge in [-0.1, -0.05) is 6.42 Å². The molecule has 1 aromatic carbocycles. The molecule has 1 aliphatic carbocycles. The molecule has 1 fully saturated rings. The predicted molar refractivity (Wildman–Crippen MR) is 85.6 cm³/mol. The van der Waals surface area contributed by atoms with E-state index in [1.165, 1.54) is 11.1 Å². The Bertz CT molecular complexity index is 734. The Morgan fingerprint density at radius 1 is 1.25 bits per heavy atom. The van der Waals surface area contributed by atoms with Crippen molar-refractivity contribution in [1.29, 1.82) is 0 Å². The van der Waals surface area contributed by atoms with Gasteiger partial charge in [0.05, 0.1) is 11.1 Å². The van der Waals surface area contributed by atoms with Crippen LogP contribution in [0.4, 0.5) is 4.79 Å². The Hall–Kier alpha value is -2.57. The summed E-state index contributed by atoms with van der Waals surface area (Å²) in [5.41, 5.74) is 1.56. The van der Waals surface area contributed by atoms with Crippen molar-refractivity contribution in [3.05, 3.63) is 30.1 Å². The van der Waals surface area contributed by atoms with Gasteiger partial charge in [-0.25, -0.2) is 14.6 Å². The van der Waals surface area contributed by atoms with Crippen LogP contribution in [-0.4, -0.2) is 34.5 Å². The molecular weight excluding hydrogens is 312 g/mol. The monoisotopic (exact) mass is 332 g/mol. The smallest absolute Gasteiger partial charge is 0.431 e. The molecule has 24 heavy (non-hydrogen) atoms. The minimum absolute atomic E-state index is 0.152. The minimum Gasteiger partial charge on any atom is -0.431 e. The number of carbonyl (C=O) groups excluding carboxylic acids is 2. The van der Waals surface area contributed by atoms with Crippen LogP contribution in [0.5, 0.6) is 0 Å². The lowest BCUT2D eigenvalue weighted by molar-refractivity contribution is 0.0130. The van der Waals surface area contributed by atoms with Crippen LogP contribution in [0.15, 0.2) is 24.5 Å². The van der Waals surface area contributed by atoms with E-state index in [9.17, 15) is 9.59 Å². The maximum Gasteiger partial charge on any atom is 0.516 e. The first-order chi connectivity index (χ1) is 11.7. The summed E-state index contributed by atoms with van der Waals surface area (Å²) in [7, 11) is 0. The first kappa shape index (κ1) is 16.3. The molecule has 0 aliphatic heterocycles. The van der Waals surface area contributed by atoms with Gasteiger partial charge in [0, 0.05) is 0 Å². The quantitative estimate of drug-likeness (QED) is 0.632. The zero-order valence-corrected chi connectivity index (χ0v) is 13.6. The van der Waals surface area contributed by atoms with E-state index in [1.807, 2.05) is 6.92 Å². The molecule has 3 rings (SSSR count). The normalized spacial score (nSPS) is 15.2. The number of nitrogens with zero attached hydrogens (tertiary/aromatic N) is 2. The van der Waals surface area contributed by atoms with Crippen molar-refractivity contribution in [2.45, 2.75) is 45.1 Å². The Kier molecular flexibility index (Phi) is 4.98. The summed E-state index contributed by atoms with van der Waals surface area (Å²) in [6.45, 7) is 2.32. The number of hydrogen-bond donors (Lipinski definition) is 0. The molecule has 7 heteroatoms. The molecular formula is C17H20N2O5. The molecule has 0 bridgehead atoms. The average molecular weight is 332 g/mol. The van der Waals surface area contributed by atoms with Crippen LogP contribution in [0.25, 0.3) is 11.0 Å². The van der Waals surface area contributed by atoms with Crippen molar-refractivity contribution in [2.75, 3.05) is 6.61 Å². The number of fused-ring (bicyclic) bond motifs is 1. The maximum absolute atomic E-state index is 12.1. The van der Waals surface area contributed by atoms with Gasteiger partial charge in [-0.2, -0.15) is 4.73 Å². The summed E-state index contributed by atoms with van der Waals surface area (Å²) >= 11 is 0. The molecule has 0 spiro atoms. The van der Waals surface area contributed by atoms with Gasteiger partial charge in [-0.15, -0.1) is 0 Å². The Labute approximate surface area is 139 Å². The fourth-order valence-corrected chi connectivity index (χ4v) is 2.83. The van der Waals surface area contributed by atoms with Crippen LogP contribution in [0.2, 0.25) is 0 Å². The van der Waals surface area contributed by atoms with Gasteiger partial charge in [-0.3, -0.25) is 0 Å². The first-order valence-electron chi connectivity index (χ1n) is 8.20. The van der Waals surface area contributed by atoms with Gasteiger partial charge < -0.3 is 14.3 Å². The first-order valence-corrected chi connectivity index (χ1v) is 8.20. The number of imidazole rings is 1. The summed E-state index contributed by atoms with van der Waals surface area (Å²) in [5.74, 6) is -0.748. The number of benzene rings is 1. The highest BCUT2D eigenvalue weighted by Gasteiger charge is 2.21. The van der Waals surface area contributed by atoms with Crippen LogP contribution in [0.1, 0.15) is 49.4 Å². The number of hydrogen-bond acceptors (Lipinski definition) is 6. The number of esters is 1. The molecule has 0 N–H and O–H groups in total. The van der Waals surface area contributed by atoms with Crippen molar-refractivity contribution >= 4 is 23.2 Å². The number of carbonyl (C=O) groups is 2. The zero-order valence-electron chi connectivity index (χ0n) is 13.6. The van der Waals surface area contributed by atoms with E-state index in [2.05, 4.69) is 4.98 Å². The van der Waals surface area contributed by atoms with Crippen LogP contribution < -0.4 is 4.84 Å². The van der Waals surface area contributed by atoms with Gasteiger partial charge in [0.15, 0.2) is 0 Å². The molecule has 1 aromatic heterocycles. The van der Waals surface area contributed by atoms with Crippen LogP contribution in [0, 0.1) is 0 Å². The van der Waals surface area contributed by atoms with E-state index in [4.69, 9.17) is 14.3 Å². The topological polar surface area (TPSA) is 79.7 Å². The second-order valence-electron chi connectivity index (χ2n) is 5.71. The summed E-state index contributed by atoms with van der Waals surface area (Å²) in [5, 5.41) is 0.